The van der Waals surface area contributed by atoms with Gasteiger partial charge in [-0.2, -0.15) is 0 Å². The molecule has 0 saturated carbocycles. The molecule has 3 heterocycles. The maximum absolute atomic E-state index is 13.1. The van der Waals surface area contributed by atoms with Crippen LogP contribution in [-0.4, -0.2) is 27.0 Å². The lowest BCUT2D eigenvalue weighted by Gasteiger charge is -2.19. The highest BCUT2D eigenvalue weighted by Crippen LogP contribution is 2.44. The van der Waals surface area contributed by atoms with E-state index in [1.807, 2.05) is 6.07 Å². The molecule has 1 N–H and O–H groups in total. The van der Waals surface area contributed by atoms with Crippen LogP contribution in [0.25, 0.3) is 5.76 Å². The Labute approximate surface area is 218 Å². The Morgan fingerprint density at radius 2 is 1.89 bits per heavy atom. The molecule has 1 aliphatic rings. The minimum Gasteiger partial charge on any atom is -0.507 e. The number of thioether (sulfide) groups is 1. The van der Waals surface area contributed by atoms with Crippen LogP contribution in [0.15, 0.2) is 81.3 Å². The van der Waals surface area contributed by atoms with Gasteiger partial charge >= 0.3 is 5.91 Å². The fraction of sp³-hybridized carbons (Fsp3) is 0.0833. The quantitative estimate of drug-likeness (QED) is 0.0993. The zero-order chi connectivity index (χ0) is 24.5. The molecule has 1 saturated heterocycles. The highest BCUT2D eigenvalue weighted by atomic mass is 35.5. The first-order valence-corrected chi connectivity index (χ1v) is 12.8. The second-order valence-electron chi connectivity index (χ2n) is 7.43. The number of hydrogen-bond acceptors (Lipinski definition) is 8. The van der Waals surface area contributed by atoms with Crippen molar-refractivity contribution in [3.05, 3.63) is 99.4 Å². The van der Waals surface area contributed by atoms with Crippen molar-refractivity contribution >= 4 is 68.9 Å². The second kappa shape index (κ2) is 9.87. The van der Waals surface area contributed by atoms with E-state index in [0.717, 1.165) is 16.9 Å². The second-order valence-corrected chi connectivity index (χ2v) is 10.4. The molecule has 5 rings (SSSR count). The number of nitrogens with zero attached hydrogens (tertiary/aromatic N) is 3. The number of aliphatic hydroxyl groups excluding tert-OH is 1. The summed E-state index contributed by atoms with van der Waals surface area (Å²) in [5.74, 6) is -1.11. The summed E-state index contributed by atoms with van der Waals surface area (Å²) < 4.78 is 6.13. The zero-order valence-corrected chi connectivity index (χ0v) is 20.9. The first kappa shape index (κ1) is 23.6. The molecule has 1 atom stereocenters. The molecule has 1 fully saturated rings. The van der Waals surface area contributed by atoms with Gasteiger partial charge < -0.3 is 9.52 Å². The maximum Gasteiger partial charge on any atom is 0.302 e. The van der Waals surface area contributed by atoms with Gasteiger partial charge in [0.1, 0.15) is 17.6 Å². The van der Waals surface area contributed by atoms with Gasteiger partial charge in [0.25, 0.3) is 5.78 Å². The predicted octanol–water partition coefficient (Wildman–Crippen LogP) is 6.36. The van der Waals surface area contributed by atoms with Crippen molar-refractivity contribution in [1.82, 2.24) is 10.2 Å². The highest BCUT2D eigenvalue weighted by molar-refractivity contribution is 8.00. The number of aliphatic hydroxyl groups is 1. The fourth-order valence-corrected chi connectivity index (χ4v) is 6.06. The van der Waals surface area contributed by atoms with Gasteiger partial charge in [0.15, 0.2) is 4.34 Å². The number of Topliss-reactive ketones (excluding diaryl/α,β-unsaturated/α-hetero) is 1. The molecular formula is C24H15Cl2N3O4S2. The summed E-state index contributed by atoms with van der Waals surface area (Å²) in [7, 11) is 0. The minimum atomic E-state index is -0.985. The molecule has 4 aromatic rings. The van der Waals surface area contributed by atoms with Gasteiger partial charge in [0.2, 0.25) is 5.13 Å². The van der Waals surface area contributed by atoms with E-state index in [4.69, 9.17) is 27.6 Å². The summed E-state index contributed by atoms with van der Waals surface area (Å²) in [6, 6.07) is 16.1. The molecule has 35 heavy (non-hydrogen) atoms. The molecule has 0 radical (unpaired) electrons. The van der Waals surface area contributed by atoms with E-state index in [0.29, 0.717) is 31.5 Å². The standard InChI is InChI=1S/C24H15Cl2N3O4S2/c25-15-9-8-14(16(26)11-15)12-34-24-28-27-23(35-24)29-19(17-7-4-10-33-17)18(21(31)22(29)32)20(30)13-5-2-1-3-6-13/h1-11,19,30H,12H2/b20-18-. The number of ketones is 1. The SMILES string of the molecule is O=C1C(=O)N(c2nnc(SCc3ccc(Cl)cc3Cl)s2)C(c2ccco2)/C1=C(/O)c1ccccc1. The zero-order valence-electron chi connectivity index (χ0n) is 17.7. The number of amides is 1. The van der Waals surface area contributed by atoms with Gasteiger partial charge in [-0.05, 0) is 29.8 Å². The summed E-state index contributed by atoms with van der Waals surface area (Å²) in [4.78, 5) is 27.4. The third-order valence-corrected chi connectivity index (χ3v) is 7.96. The molecule has 11 heteroatoms. The van der Waals surface area contributed by atoms with Crippen molar-refractivity contribution in [3.8, 4) is 0 Å². The van der Waals surface area contributed by atoms with E-state index in [1.54, 1.807) is 54.6 Å². The van der Waals surface area contributed by atoms with E-state index in [2.05, 4.69) is 10.2 Å². The lowest BCUT2D eigenvalue weighted by Crippen LogP contribution is -2.29. The van der Waals surface area contributed by atoms with E-state index in [1.165, 1.54) is 22.9 Å². The van der Waals surface area contributed by atoms with Crippen molar-refractivity contribution in [2.75, 3.05) is 4.90 Å². The third kappa shape index (κ3) is 4.60. The van der Waals surface area contributed by atoms with Crippen LogP contribution in [0.3, 0.4) is 0 Å². The number of rotatable bonds is 6. The number of aromatic nitrogens is 2. The van der Waals surface area contributed by atoms with Crippen LogP contribution < -0.4 is 4.90 Å². The fourth-order valence-electron chi connectivity index (χ4n) is 3.63. The molecule has 0 spiro atoms. The number of benzene rings is 2. The molecule has 1 amide bonds. The average molecular weight is 544 g/mol. The van der Waals surface area contributed by atoms with Gasteiger partial charge in [-0.15, -0.1) is 10.2 Å². The molecule has 1 unspecified atom stereocenters. The van der Waals surface area contributed by atoms with Crippen LogP contribution in [0, 0.1) is 0 Å². The lowest BCUT2D eigenvalue weighted by atomic mass is 9.99. The van der Waals surface area contributed by atoms with Crippen molar-refractivity contribution in [2.24, 2.45) is 0 Å². The summed E-state index contributed by atoms with van der Waals surface area (Å²) >= 11 is 14.8. The Kier molecular flexibility index (Phi) is 6.66. The third-order valence-electron chi connectivity index (χ3n) is 5.27. The van der Waals surface area contributed by atoms with E-state index in [9.17, 15) is 14.7 Å². The molecule has 2 aromatic heterocycles. The average Bonchev–Trinajstić information content (AvgIpc) is 3.60. The molecule has 7 nitrogen and oxygen atoms in total. The smallest absolute Gasteiger partial charge is 0.302 e. The number of furan rings is 1. The van der Waals surface area contributed by atoms with Crippen LogP contribution >= 0.6 is 46.3 Å². The van der Waals surface area contributed by atoms with Gasteiger partial charge in [0.05, 0.1) is 11.8 Å². The number of halogens is 2. The Morgan fingerprint density at radius 3 is 2.60 bits per heavy atom. The van der Waals surface area contributed by atoms with Crippen molar-refractivity contribution in [3.63, 3.8) is 0 Å². The highest BCUT2D eigenvalue weighted by Gasteiger charge is 2.49. The molecule has 2 aromatic carbocycles. The Hall–Kier alpha value is -3.11. The number of hydrogen-bond donors (Lipinski definition) is 1. The topological polar surface area (TPSA) is 96.5 Å². The van der Waals surface area contributed by atoms with Crippen LogP contribution in [0.2, 0.25) is 10.0 Å². The summed E-state index contributed by atoms with van der Waals surface area (Å²) in [6.45, 7) is 0. The van der Waals surface area contributed by atoms with Crippen LogP contribution in [0.1, 0.15) is 22.9 Å². The normalized spacial score (nSPS) is 17.3. The van der Waals surface area contributed by atoms with Crippen molar-refractivity contribution in [2.45, 2.75) is 16.1 Å². The molecule has 176 valence electrons. The molecule has 0 aliphatic carbocycles. The van der Waals surface area contributed by atoms with Gasteiger partial charge in [-0.1, -0.05) is 82.7 Å². The first-order chi connectivity index (χ1) is 16.9. The maximum atomic E-state index is 13.1. The first-order valence-electron chi connectivity index (χ1n) is 10.2. The van der Waals surface area contributed by atoms with Gasteiger partial charge in [-0.25, -0.2) is 0 Å². The summed E-state index contributed by atoms with van der Waals surface area (Å²) in [5, 5.41) is 20.6. The molecule has 1 aliphatic heterocycles. The Bertz CT molecular complexity index is 1440. The van der Waals surface area contributed by atoms with Gasteiger partial charge in [-0.3, -0.25) is 14.5 Å². The molecule has 0 bridgehead atoms. The lowest BCUT2D eigenvalue weighted by molar-refractivity contribution is -0.132. The Morgan fingerprint density at radius 1 is 1.09 bits per heavy atom. The van der Waals surface area contributed by atoms with Crippen LogP contribution in [0.4, 0.5) is 5.13 Å². The van der Waals surface area contributed by atoms with Crippen molar-refractivity contribution in [1.29, 1.82) is 0 Å². The Balaban J connectivity index is 1.49. The van der Waals surface area contributed by atoms with E-state index < -0.39 is 17.7 Å². The number of anilines is 1. The van der Waals surface area contributed by atoms with E-state index >= 15 is 0 Å². The van der Waals surface area contributed by atoms with Crippen LogP contribution in [0.5, 0.6) is 0 Å². The summed E-state index contributed by atoms with van der Waals surface area (Å²) in [6.07, 6.45) is 1.44. The monoisotopic (exact) mass is 543 g/mol. The molecular weight excluding hydrogens is 529 g/mol. The van der Waals surface area contributed by atoms with Crippen LogP contribution in [-0.2, 0) is 15.3 Å². The summed E-state index contributed by atoms with van der Waals surface area (Å²) in [5.41, 5.74) is 1.21. The number of carbonyl (C=O) groups is 2. The van der Waals surface area contributed by atoms with E-state index in [-0.39, 0.29) is 16.5 Å². The van der Waals surface area contributed by atoms with Gasteiger partial charge in [0, 0.05) is 21.4 Å². The van der Waals surface area contributed by atoms with Crippen molar-refractivity contribution < 1.29 is 19.1 Å². The minimum absolute atomic E-state index is 0.0755. The largest absolute Gasteiger partial charge is 0.507 e. The predicted molar refractivity (Wildman–Crippen MR) is 136 cm³/mol. The number of carbonyl (C=O) groups excluding carboxylic acids is 2.